The molecule has 4 nitrogen and oxygen atoms in total. The maximum atomic E-state index is 14.1. The van der Waals surface area contributed by atoms with Crippen molar-refractivity contribution in [3.63, 3.8) is 0 Å². The molecular formula is C21H21F2NO3. The molecule has 1 unspecified atom stereocenters. The maximum absolute atomic E-state index is 14.1. The minimum absolute atomic E-state index is 0.0231. The van der Waals surface area contributed by atoms with Crippen molar-refractivity contribution in [1.82, 2.24) is 4.90 Å². The maximum Gasteiger partial charge on any atom is 0.289 e. The van der Waals surface area contributed by atoms with E-state index in [1.807, 2.05) is 0 Å². The first-order valence-corrected chi connectivity index (χ1v) is 9.35. The lowest BCUT2D eigenvalue weighted by molar-refractivity contribution is 0.0670. The first kappa shape index (κ1) is 17.9. The van der Waals surface area contributed by atoms with Crippen LogP contribution in [0.25, 0.3) is 0 Å². The molecule has 0 radical (unpaired) electrons. The summed E-state index contributed by atoms with van der Waals surface area (Å²) in [4.78, 5) is 26.8. The van der Waals surface area contributed by atoms with E-state index in [0.29, 0.717) is 61.2 Å². The lowest BCUT2D eigenvalue weighted by Crippen LogP contribution is -2.39. The van der Waals surface area contributed by atoms with Crippen molar-refractivity contribution >= 4 is 11.7 Å². The molecule has 2 aliphatic rings. The van der Waals surface area contributed by atoms with Crippen molar-refractivity contribution in [2.24, 2.45) is 0 Å². The predicted octanol–water partition coefficient (Wildman–Crippen LogP) is 4.41. The van der Waals surface area contributed by atoms with E-state index < -0.39 is 11.6 Å². The van der Waals surface area contributed by atoms with Crippen molar-refractivity contribution in [3.05, 3.63) is 58.0 Å². The molecule has 1 aliphatic heterocycles. The number of amides is 1. The Hall–Kier alpha value is -2.50. The van der Waals surface area contributed by atoms with Gasteiger partial charge in [-0.2, -0.15) is 0 Å². The number of Topliss-reactive ketones (excluding diaryl/α,β-unsaturated/α-hetero) is 1. The predicted molar refractivity (Wildman–Crippen MR) is 95.0 cm³/mol. The van der Waals surface area contributed by atoms with E-state index in [2.05, 4.69) is 0 Å². The summed E-state index contributed by atoms with van der Waals surface area (Å²) in [5.41, 5.74) is 1.45. The first-order valence-electron chi connectivity index (χ1n) is 9.35. The van der Waals surface area contributed by atoms with Gasteiger partial charge in [-0.25, -0.2) is 8.78 Å². The molecule has 0 bridgehead atoms. The van der Waals surface area contributed by atoms with Gasteiger partial charge in [0.1, 0.15) is 17.4 Å². The largest absolute Gasteiger partial charge is 0.455 e. The van der Waals surface area contributed by atoms with E-state index in [-0.39, 0.29) is 23.4 Å². The molecule has 1 aromatic carbocycles. The number of rotatable bonds is 2. The van der Waals surface area contributed by atoms with Gasteiger partial charge in [-0.1, -0.05) is 0 Å². The highest BCUT2D eigenvalue weighted by atomic mass is 19.1. The Morgan fingerprint density at radius 3 is 2.81 bits per heavy atom. The number of piperidine rings is 1. The average Bonchev–Trinajstić information content (AvgIpc) is 3.01. The van der Waals surface area contributed by atoms with Crippen LogP contribution in [-0.2, 0) is 6.42 Å². The highest BCUT2D eigenvalue weighted by Crippen LogP contribution is 2.33. The van der Waals surface area contributed by atoms with Crippen molar-refractivity contribution in [3.8, 4) is 0 Å². The Morgan fingerprint density at radius 1 is 1.22 bits per heavy atom. The van der Waals surface area contributed by atoms with Gasteiger partial charge in [-0.05, 0) is 49.9 Å². The number of hydrogen-bond donors (Lipinski definition) is 0. The minimum Gasteiger partial charge on any atom is -0.455 e. The number of carbonyl (C=O) groups is 2. The Balaban J connectivity index is 1.59. The topological polar surface area (TPSA) is 50.5 Å². The Bertz CT molecular complexity index is 918. The van der Waals surface area contributed by atoms with Crippen LogP contribution in [0.1, 0.15) is 69.4 Å². The van der Waals surface area contributed by atoms with E-state index in [0.717, 1.165) is 18.6 Å². The summed E-state index contributed by atoms with van der Waals surface area (Å²) in [5.74, 6) is -0.655. The summed E-state index contributed by atoms with van der Waals surface area (Å²) in [5, 5.41) is 0. The van der Waals surface area contributed by atoms with E-state index in [1.54, 1.807) is 11.8 Å². The summed E-state index contributed by atoms with van der Waals surface area (Å²) in [6.07, 6.45) is 3.26. The average molecular weight is 373 g/mol. The third-order valence-electron chi connectivity index (χ3n) is 5.61. The standard InChI is InChI=1S/C21H21F2NO3/c1-12-19-17(25)5-2-6-18(19)27-20(12)21(26)24-9-3-4-13(11-24)15-10-14(22)7-8-16(15)23/h7-8,10,13H,2-6,9,11H2,1H3. The molecule has 1 aromatic heterocycles. The highest BCUT2D eigenvalue weighted by molar-refractivity contribution is 6.03. The number of furan rings is 1. The quantitative estimate of drug-likeness (QED) is 0.784. The van der Waals surface area contributed by atoms with Crippen LogP contribution in [-0.4, -0.2) is 29.7 Å². The molecule has 6 heteroatoms. The van der Waals surface area contributed by atoms with Crippen LogP contribution in [0, 0.1) is 18.6 Å². The lowest BCUT2D eigenvalue weighted by atomic mass is 9.89. The second kappa shape index (κ2) is 6.91. The Labute approximate surface area is 156 Å². The fourth-order valence-electron chi connectivity index (χ4n) is 4.24. The third-order valence-corrected chi connectivity index (χ3v) is 5.61. The molecule has 0 spiro atoms. The minimum atomic E-state index is -0.483. The Morgan fingerprint density at radius 2 is 2.04 bits per heavy atom. The van der Waals surface area contributed by atoms with Gasteiger partial charge >= 0.3 is 0 Å². The third kappa shape index (κ3) is 3.17. The van der Waals surface area contributed by atoms with Crippen LogP contribution in [0.2, 0.25) is 0 Å². The number of nitrogens with zero attached hydrogens (tertiary/aromatic N) is 1. The molecule has 1 amide bonds. The molecule has 142 valence electrons. The number of fused-ring (bicyclic) bond motifs is 1. The van der Waals surface area contributed by atoms with Crippen LogP contribution >= 0.6 is 0 Å². The molecule has 1 atom stereocenters. The summed E-state index contributed by atoms with van der Waals surface area (Å²) in [6, 6.07) is 3.43. The summed E-state index contributed by atoms with van der Waals surface area (Å²) in [6.45, 7) is 2.58. The van der Waals surface area contributed by atoms with Gasteiger partial charge in [0, 0.05) is 37.4 Å². The van der Waals surface area contributed by atoms with Crippen molar-refractivity contribution < 1.29 is 22.8 Å². The molecule has 27 heavy (non-hydrogen) atoms. The fourth-order valence-corrected chi connectivity index (χ4v) is 4.24. The zero-order valence-corrected chi connectivity index (χ0v) is 15.2. The van der Waals surface area contributed by atoms with Crippen LogP contribution in [0.4, 0.5) is 8.78 Å². The van der Waals surface area contributed by atoms with Gasteiger partial charge in [-0.3, -0.25) is 9.59 Å². The summed E-state index contributed by atoms with van der Waals surface area (Å²) >= 11 is 0. The molecule has 0 saturated carbocycles. The SMILES string of the molecule is Cc1c(C(=O)N2CCCC(c3cc(F)ccc3F)C2)oc2c1C(=O)CCC2. The molecule has 4 rings (SSSR count). The van der Waals surface area contributed by atoms with Gasteiger partial charge in [0.05, 0.1) is 5.56 Å². The van der Waals surface area contributed by atoms with Crippen LogP contribution in [0.5, 0.6) is 0 Å². The number of carbonyl (C=O) groups excluding carboxylic acids is 2. The first-order chi connectivity index (χ1) is 13.0. The summed E-state index contributed by atoms with van der Waals surface area (Å²) in [7, 11) is 0. The van der Waals surface area contributed by atoms with Gasteiger partial charge < -0.3 is 9.32 Å². The van der Waals surface area contributed by atoms with Crippen LogP contribution < -0.4 is 0 Å². The molecular weight excluding hydrogens is 352 g/mol. The van der Waals surface area contributed by atoms with Crippen LogP contribution in [0.3, 0.4) is 0 Å². The normalized spacial score (nSPS) is 19.9. The number of benzene rings is 1. The zero-order chi connectivity index (χ0) is 19.1. The molecule has 0 N–H and O–H groups in total. The smallest absolute Gasteiger partial charge is 0.289 e. The highest BCUT2D eigenvalue weighted by Gasteiger charge is 2.33. The molecule has 1 fully saturated rings. The van der Waals surface area contributed by atoms with E-state index >= 15 is 0 Å². The molecule has 2 heterocycles. The number of likely N-dealkylation sites (tertiary alicyclic amines) is 1. The molecule has 2 aromatic rings. The molecule has 1 aliphatic carbocycles. The Kier molecular flexibility index (Phi) is 4.58. The number of aryl methyl sites for hydroxylation is 1. The zero-order valence-electron chi connectivity index (χ0n) is 15.2. The van der Waals surface area contributed by atoms with Gasteiger partial charge in [0.15, 0.2) is 11.5 Å². The van der Waals surface area contributed by atoms with E-state index in [9.17, 15) is 18.4 Å². The van der Waals surface area contributed by atoms with Crippen LogP contribution in [0.15, 0.2) is 22.6 Å². The summed E-state index contributed by atoms with van der Waals surface area (Å²) < 4.78 is 33.5. The van der Waals surface area contributed by atoms with Gasteiger partial charge in [0.25, 0.3) is 5.91 Å². The van der Waals surface area contributed by atoms with Crippen molar-refractivity contribution in [2.45, 2.75) is 44.9 Å². The monoisotopic (exact) mass is 373 g/mol. The van der Waals surface area contributed by atoms with Crippen molar-refractivity contribution in [2.75, 3.05) is 13.1 Å². The van der Waals surface area contributed by atoms with Gasteiger partial charge in [0.2, 0.25) is 0 Å². The van der Waals surface area contributed by atoms with E-state index in [4.69, 9.17) is 4.42 Å². The number of hydrogen-bond acceptors (Lipinski definition) is 3. The second-order valence-corrected chi connectivity index (χ2v) is 7.39. The lowest BCUT2D eigenvalue weighted by Gasteiger charge is -2.32. The van der Waals surface area contributed by atoms with Crippen molar-refractivity contribution in [1.29, 1.82) is 0 Å². The van der Waals surface area contributed by atoms with Gasteiger partial charge in [-0.15, -0.1) is 0 Å². The van der Waals surface area contributed by atoms with E-state index in [1.165, 1.54) is 6.07 Å². The second-order valence-electron chi connectivity index (χ2n) is 7.39. The fraction of sp³-hybridized carbons (Fsp3) is 0.429. The number of halogens is 2. The molecule has 1 saturated heterocycles. The number of ketones is 1.